The van der Waals surface area contributed by atoms with Crippen LogP contribution in [0.1, 0.15) is 25.0 Å². The maximum Gasteiger partial charge on any atom is 0.249 e. The maximum atomic E-state index is 13.7. The van der Waals surface area contributed by atoms with Gasteiger partial charge in [0.15, 0.2) is 11.6 Å². The summed E-state index contributed by atoms with van der Waals surface area (Å²) in [6.07, 6.45) is 2.33. The van der Waals surface area contributed by atoms with Gasteiger partial charge >= 0.3 is 0 Å². The standard InChI is InChI=1S/C21H20F2N4O3/c1-14(3-2-8-29-20-10-16(11-24)25-13-26-20)21(28)27-7-6-17(12-27)30-19-9-15(22)4-5-18(19)23/h4-5,9-10,13,17H,1-3,6-8,12H2. The Morgan fingerprint density at radius 1 is 1.33 bits per heavy atom. The highest BCUT2D eigenvalue weighted by Gasteiger charge is 2.29. The molecule has 1 aromatic carbocycles. The zero-order chi connectivity index (χ0) is 21.5. The molecule has 2 aromatic rings. The minimum atomic E-state index is -0.642. The number of ether oxygens (including phenoxy) is 2. The smallest absolute Gasteiger partial charge is 0.249 e. The van der Waals surface area contributed by atoms with Crippen LogP contribution in [0.5, 0.6) is 11.6 Å². The number of halogens is 2. The molecule has 1 atom stereocenters. The second-order valence-electron chi connectivity index (χ2n) is 6.76. The Bertz CT molecular complexity index is 977. The third-order valence-corrected chi connectivity index (χ3v) is 4.55. The van der Waals surface area contributed by atoms with Gasteiger partial charge in [0.1, 0.15) is 30.0 Å². The molecule has 7 nitrogen and oxygen atoms in total. The van der Waals surface area contributed by atoms with E-state index in [0.717, 1.165) is 18.2 Å². The fraction of sp³-hybridized carbons (Fsp3) is 0.333. The van der Waals surface area contributed by atoms with Gasteiger partial charge < -0.3 is 14.4 Å². The number of hydrogen-bond donors (Lipinski definition) is 0. The molecule has 2 heterocycles. The third-order valence-electron chi connectivity index (χ3n) is 4.55. The van der Waals surface area contributed by atoms with Crippen molar-refractivity contribution in [3.05, 3.63) is 60.1 Å². The number of benzene rings is 1. The largest absolute Gasteiger partial charge is 0.485 e. The molecule has 156 valence electrons. The molecule has 0 spiro atoms. The molecule has 0 bridgehead atoms. The number of nitrogens with zero attached hydrogens (tertiary/aromatic N) is 4. The van der Waals surface area contributed by atoms with E-state index in [1.807, 2.05) is 6.07 Å². The lowest BCUT2D eigenvalue weighted by molar-refractivity contribution is -0.126. The molecule has 0 saturated carbocycles. The molecule has 1 fully saturated rings. The summed E-state index contributed by atoms with van der Waals surface area (Å²) in [5.74, 6) is -1.29. The molecule has 0 N–H and O–H groups in total. The first-order valence-electron chi connectivity index (χ1n) is 9.40. The van der Waals surface area contributed by atoms with E-state index in [-0.39, 0.29) is 23.9 Å². The molecular weight excluding hydrogens is 394 g/mol. The van der Waals surface area contributed by atoms with Gasteiger partial charge in [-0.3, -0.25) is 4.79 Å². The normalized spacial score (nSPS) is 15.5. The molecular formula is C21H20F2N4O3. The van der Waals surface area contributed by atoms with Gasteiger partial charge in [-0.15, -0.1) is 0 Å². The van der Waals surface area contributed by atoms with Crippen molar-refractivity contribution >= 4 is 5.91 Å². The van der Waals surface area contributed by atoms with Gasteiger partial charge in [0.2, 0.25) is 11.8 Å². The van der Waals surface area contributed by atoms with E-state index in [9.17, 15) is 13.6 Å². The van der Waals surface area contributed by atoms with Gasteiger partial charge in [-0.2, -0.15) is 5.26 Å². The molecule has 9 heteroatoms. The summed E-state index contributed by atoms with van der Waals surface area (Å²) in [4.78, 5) is 21.8. The molecule has 30 heavy (non-hydrogen) atoms. The van der Waals surface area contributed by atoms with Crippen molar-refractivity contribution in [1.29, 1.82) is 5.26 Å². The molecule has 1 amide bonds. The van der Waals surface area contributed by atoms with Gasteiger partial charge in [-0.25, -0.2) is 18.7 Å². The van der Waals surface area contributed by atoms with Crippen LogP contribution in [0.25, 0.3) is 0 Å². The van der Waals surface area contributed by atoms with Crippen LogP contribution in [0.3, 0.4) is 0 Å². The predicted molar refractivity (Wildman–Crippen MR) is 103 cm³/mol. The maximum absolute atomic E-state index is 13.7. The van der Waals surface area contributed by atoms with Crippen molar-refractivity contribution < 1.29 is 23.0 Å². The van der Waals surface area contributed by atoms with E-state index in [1.54, 1.807) is 4.90 Å². The van der Waals surface area contributed by atoms with Gasteiger partial charge in [0.05, 0.1) is 13.2 Å². The number of amides is 1. The van der Waals surface area contributed by atoms with E-state index in [2.05, 4.69) is 16.5 Å². The van der Waals surface area contributed by atoms with E-state index in [0.29, 0.717) is 43.9 Å². The Balaban J connectivity index is 1.42. The van der Waals surface area contributed by atoms with Crippen molar-refractivity contribution in [3.63, 3.8) is 0 Å². The van der Waals surface area contributed by atoms with Crippen LogP contribution < -0.4 is 9.47 Å². The molecule has 0 radical (unpaired) electrons. The first-order valence-corrected chi connectivity index (χ1v) is 9.40. The van der Waals surface area contributed by atoms with Gasteiger partial charge in [0, 0.05) is 30.7 Å². The topological polar surface area (TPSA) is 88.3 Å². The minimum Gasteiger partial charge on any atom is -0.485 e. The highest BCUT2D eigenvalue weighted by Crippen LogP contribution is 2.23. The lowest BCUT2D eigenvalue weighted by Gasteiger charge is -2.18. The monoisotopic (exact) mass is 414 g/mol. The molecule has 1 aromatic heterocycles. The van der Waals surface area contributed by atoms with E-state index < -0.39 is 17.7 Å². The van der Waals surface area contributed by atoms with Crippen LogP contribution in [-0.4, -0.2) is 46.6 Å². The first kappa shape index (κ1) is 21.2. The van der Waals surface area contributed by atoms with Crippen molar-refractivity contribution in [2.45, 2.75) is 25.4 Å². The van der Waals surface area contributed by atoms with Crippen LogP contribution in [0, 0.1) is 23.0 Å². The predicted octanol–water partition coefficient (Wildman–Crippen LogP) is 3.02. The summed E-state index contributed by atoms with van der Waals surface area (Å²) < 4.78 is 38.0. The van der Waals surface area contributed by atoms with Gasteiger partial charge in [-0.1, -0.05) is 6.58 Å². The summed E-state index contributed by atoms with van der Waals surface area (Å²) >= 11 is 0. The van der Waals surface area contributed by atoms with E-state index >= 15 is 0 Å². The van der Waals surface area contributed by atoms with Crippen LogP contribution in [0.15, 0.2) is 42.7 Å². The van der Waals surface area contributed by atoms with E-state index in [1.165, 1.54) is 12.4 Å². The van der Waals surface area contributed by atoms with Crippen LogP contribution in [0.4, 0.5) is 8.78 Å². The number of aromatic nitrogens is 2. The summed E-state index contributed by atoms with van der Waals surface area (Å²) in [6.45, 7) is 4.88. The second-order valence-corrected chi connectivity index (χ2v) is 6.76. The molecule has 1 saturated heterocycles. The lowest BCUT2D eigenvalue weighted by atomic mass is 10.1. The third kappa shape index (κ3) is 5.50. The summed E-state index contributed by atoms with van der Waals surface area (Å²) in [6, 6.07) is 6.36. The average Bonchev–Trinajstić information content (AvgIpc) is 3.21. The Morgan fingerprint density at radius 3 is 2.97 bits per heavy atom. The van der Waals surface area contributed by atoms with Crippen molar-refractivity contribution in [3.8, 4) is 17.7 Å². The van der Waals surface area contributed by atoms with E-state index in [4.69, 9.17) is 14.7 Å². The number of rotatable bonds is 8. The molecule has 1 aliphatic heterocycles. The number of likely N-dealkylation sites (tertiary alicyclic amines) is 1. The first-order chi connectivity index (χ1) is 14.5. The number of carbonyl (C=O) groups is 1. The molecule has 1 unspecified atom stereocenters. The SMILES string of the molecule is C=C(CCCOc1cc(C#N)ncn1)C(=O)N1CCC(Oc2cc(F)ccc2F)C1. The number of carbonyl (C=O) groups excluding carboxylic acids is 1. The molecule has 0 aliphatic carbocycles. The number of nitriles is 1. The van der Waals surface area contributed by atoms with Gasteiger partial charge in [-0.05, 0) is 25.0 Å². The van der Waals surface area contributed by atoms with Crippen LogP contribution in [-0.2, 0) is 4.79 Å². The van der Waals surface area contributed by atoms with Crippen molar-refractivity contribution in [2.24, 2.45) is 0 Å². The summed E-state index contributed by atoms with van der Waals surface area (Å²) in [5, 5.41) is 8.80. The fourth-order valence-electron chi connectivity index (χ4n) is 3.03. The average molecular weight is 414 g/mol. The highest BCUT2D eigenvalue weighted by atomic mass is 19.1. The Morgan fingerprint density at radius 2 is 2.17 bits per heavy atom. The van der Waals surface area contributed by atoms with Crippen molar-refractivity contribution in [1.82, 2.24) is 14.9 Å². The van der Waals surface area contributed by atoms with Crippen LogP contribution in [0.2, 0.25) is 0 Å². The quantitative estimate of drug-likeness (QED) is 0.487. The lowest BCUT2D eigenvalue weighted by Crippen LogP contribution is -2.32. The summed E-state index contributed by atoms with van der Waals surface area (Å²) in [7, 11) is 0. The Hall–Kier alpha value is -3.54. The summed E-state index contributed by atoms with van der Waals surface area (Å²) in [5.41, 5.74) is 0.639. The highest BCUT2D eigenvalue weighted by molar-refractivity contribution is 5.93. The zero-order valence-corrected chi connectivity index (χ0v) is 16.2. The second kappa shape index (κ2) is 9.78. The molecule has 1 aliphatic rings. The van der Waals surface area contributed by atoms with Crippen LogP contribution >= 0.6 is 0 Å². The molecule has 3 rings (SSSR count). The Labute approximate surface area is 172 Å². The Kier molecular flexibility index (Phi) is 6.91. The van der Waals surface area contributed by atoms with Gasteiger partial charge in [0.25, 0.3) is 0 Å². The number of hydrogen-bond acceptors (Lipinski definition) is 6. The zero-order valence-electron chi connectivity index (χ0n) is 16.2. The van der Waals surface area contributed by atoms with Crippen molar-refractivity contribution in [2.75, 3.05) is 19.7 Å². The minimum absolute atomic E-state index is 0.158. The fourth-order valence-corrected chi connectivity index (χ4v) is 3.03.